The lowest BCUT2D eigenvalue weighted by Crippen LogP contribution is -2.13. The standard InChI is InChI=1S/C18H19F2NS/c1-4-14(3)21(16-10-8-15(19)9-11-16)22-12-17-13(2)6-5-7-18(17)20/h5-11H,3-4,12H2,1-2H3. The van der Waals surface area contributed by atoms with Gasteiger partial charge in [-0.1, -0.05) is 25.6 Å². The average molecular weight is 319 g/mol. The van der Waals surface area contributed by atoms with Crippen LogP contribution in [0.2, 0.25) is 0 Å². The Bertz CT molecular complexity index is 632. The zero-order valence-electron chi connectivity index (χ0n) is 12.8. The first-order valence-electron chi connectivity index (χ1n) is 7.13. The van der Waals surface area contributed by atoms with Crippen LogP contribution in [0.25, 0.3) is 0 Å². The monoisotopic (exact) mass is 319 g/mol. The third-order valence-corrected chi connectivity index (χ3v) is 4.59. The Labute approximate surface area is 134 Å². The molecule has 0 saturated heterocycles. The predicted molar refractivity (Wildman–Crippen MR) is 90.7 cm³/mol. The first-order chi connectivity index (χ1) is 10.5. The Balaban J connectivity index is 2.21. The van der Waals surface area contributed by atoms with E-state index < -0.39 is 0 Å². The molecule has 0 aromatic heterocycles. The van der Waals surface area contributed by atoms with Gasteiger partial charge in [0.05, 0.1) is 5.69 Å². The van der Waals surface area contributed by atoms with Gasteiger partial charge in [-0.3, -0.25) is 4.31 Å². The average Bonchev–Trinajstić information content (AvgIpc) is 2.51. The van der Waals surface area contributed by atoms with E-state index in [1.165, 1.54) is 30.1 Å². The molecule has 0 bridgehead atoms. The molecule has 0 heterocycles. The predicted octanol–water partition coefficient (Wildman–Crippen LogP) is 5.85. The highest BCUT2D eigenvalue weighted by molar-refractivity contribution is 8.00. The van der Waals surface area contributed by atoms with E-state index in [4.69, 9.17) is 0 Å². The summed E-state index contributed by atoms with van der Waals surface area (Å²) in [5.74, 6) is 0.0176. The van der Waals surface area contributed by atoms with Crippen LogP contribution in [0.15, 0.2) is 54.7 Å². The topological polar surface area (TPSA) is 3.24 Å². The number of hydrogen-bond acceptors (Lipinski definition) is 2. The minimum Gasteiger partial charge on any atom is -0.289 e. The fourth-order valence-corrected chi connectivity index (χ4v) is 3.25. The van der Waals surface area contributed by atoms with Crippen molar-refractivity contribution in [1.29, 1.82) is 0 Å². The lowest BCUT2D eigenvalue weighted by molar-refractivity contribution is 0.615. The maximum atomic E-state index is 13.9. The molecule has 2 aromatic carbocycles. The van der Waals surface area contributed by atoms with Gasteiger partial charge in [0, 0.05) is 17.0 Å². The van der Waals surface area contributed by atoms with Gasteiger partial charge < -0.3 is 0 Å². The van der Waals surface area contributed by atoms with Crippen molar-refractivity contribution in [3.63, 3.8) is 0 Å². The van der Waals surface area contributed by atoms with E-state index in [9.17, 15) is 8.78 Å². The number of benzene rings is 2. The number of aryl methyl sites for hydroxylation is 1. The van der Waals surface area contributed by atoms with Gasteiger partial charge in [0.2, 0.25) is 0 Å². The Hall–Kier alpha value is -1.81. The van der Waals surface area contributed by atoms with Crippen molar-refractivity contribution in [2.45, 2.75) is 26.0 Å². The van der Waals surface area contributed by atoms with E-state index in [1.54, 1.807) is 18.2 Å². The van der Waals surface area contributed by atoms with Crippen molar-refractivity contribution in [2.75, 3.05) is 4.31 Å². The smallest absolute Gasteiger partial charge is 0.127 e. The molecule has 116 valence electrons. The van der Waals surface area contributed by atoms with Crippen LogP contribution in [-0.4, -0.2) is 0 Å². The van der Waals surface area contributed by atoms with Crippen molar-refractivity contribution >= 4 is 17.6 Å². The molecular formula is C18H19F2NS. The summed E-state index contributed by atoms with van der Waals surface area (Å²) in [5, 5.41) is 0. The molecule has 0 saturated carbocycles. The molecule has 0 amide bonds. The molecule has 0 aliphatic carbocycles. The highest BCUT2D eigenvalue weighted by atomic mass is 32.2. The lowest BCUT2D eigenvalue weighted by Gasteiger charge is -2.25. The molecule has 0 radical (unpaired) electrons. The summed E-state index contributed by atoms with van der Waals surface area (Å²) in [6.07, 6.45) is 0.765. The van der Waals surface area contributed by atoms with Gasteiger partial charge in [0.15, 0.2) is 0 Å². The van der Waals surface area contributed by atoms with Gasteiger partial charge in [-0.2, -0.15) is 0 Å². The molecule has 4 heteroatoms. The molecular weight excluding hydrogens is 300 g/mol. The summed E-state index contributed by atoms with van der Waals surface area (Å²) in [5.41, 5.74) is 3.34. The summed E-state index contributed by atoms with van der Waals surface area (Å²) in [7, 11) is 0. The van der Waals surface area contributed by atoms with Crippen molar-refractivity contribution < 1.29 is 8.78 Å². The van der Waals surface area contributed by atoms with Crippen LogP contribution >= 0.6 is 11.9 Å². The molecule has 2 rings (SSSR count). The third kappa shape index (κ3) is 3.89. The Morgan fingerprint density at radius 1 is 1.14 bits per heavy atom. The SMILES string of the molecule is C=C(CC)N(SCc1c(C)cccc1F)c1ccc(F)cc1. The number of rotatable bonds is 6. The van der Waals surface area contributed by atoms with Crippen LogP contribution in [0.1, 0.15) is 24.5 Å². The van der Waals surface area contributed by atoms with Gasteiger partial charge in [-0.05, 0) is 61.2 Å². The first-order valence-corrected chi connectivity index (χ1v) is 8.07. The van der Waals surface area contributed by atoms with Crippen LogP contribution in [-0.2, 0) is 5.75 Å². The zero-order chi connectivity index (χ0) is 16.1. The maximum absolute atomic E-state index is 13.9. The molecule has 1 nitrogen and oxygen atoms in total. The molecule has 0 spiro atoms. The van der Waals surface area contributed by atoms with E-state index in [0.29, 0.717) is 11.3 Å². The molecule has 22 heavy (non-hydrogen) atoms. The highest BCUT2D eigenvalue weighted by Crippen LogP contribution is 2.31. The second kappa shape index (κ2) is 7.45. The largest absolute Gasteiger partial charge is 0.289 e. The highest BCUT2D eigenvalue weighted by Gasteiger charge is 2.13. The van der Waals surface area contributed by atoms with E-state index in [0.717, 1.165) is 23.4 Å². The number of allylic oxidation sites excluding steroid dienone is 1. The van der Waals surface area contributed by atoms with Crippen LogP contribution < -0.4 is 4.31 Å². The van der Waals surface area contributed by atoms with Gasteiger partial charge in [0.1, 0.15) is 11.6 Å². The number of nitrogens with zero attached hydrogens (tertiary/aromatic N) is 1. The van der Waals surface area contributed by atoms with E-state index >= 15 is 0 Å². The van der Waals surface area contributed by atoms with Gasteiger partial charge in [-0.15, -0.1) is 0 Å². The maximum Gasteiger partial charge on any atom is 0.127 e. The quantitative estimate of drug-likeness (QED) is 0.614. The van der Waals surface area contributed by atoms with Crippen molar-refractivity contribution in [3.8, 4) is 0 Å². The fourth-order valence-electron chi connectivity index (χ4n) is 2.05. The normalized spacial score (nSPS) is 10.5. The number of halogens is 2. The summed E-state index contributed by atoms with van der Waals surface area (Å²) in [6.45, 7) is 7.95. The number of hydrogen-bond donors (Lipinski definition) is 0. The molecule has 0 aliphatic heterocycles. The van der Waals surface area contributed by atoms with Crippen LogP contribution in [0.4, 0.5) is 14.5 Å². The summed E-state index contributed by atoms with van der Waals surface area (Å²) in [6, 6.07) is 11.3. The Kier molecular flexibility index (Phi) is 5.61. The van der Waals surface area contributed by atoms with Crippen LogP contribution in [0, 0.1) is 18.6 Å². The minimum absolute atomic E-state index is 0.200. The van der Waals surface area contributed by atoms with Gasteiger partial charge in [-0.25, -0.2) is 8.78 Å². The minimum atomic E-state index is -0.277. The Morgan fingerprint density at radius 3 is 2.41 bits per heavy atom. The summed E-state index contributed by atoms with van der Waals surface area (Å²) < 4.78 is 29.0. The fraction of sp³-hybridized carbons (Fsp3) is 0.222. The molecule has 2 aromatic rings. The lowest BCUT2D eigenvalue weighted by atomic mass is 10.1. The summed E-state index contributed by atoms with van der Waals surface area (Å²) >= 11 is 1.47. The molecule has 0 aliphatic rings. The van der Waals surface area contributed by atoms with Crippen LogP contribution in [0.3, 0.4) is 0 Å². The van der Waals surface area contributed by atoms with Crippen LogP contribution in [0.5, 0.6) is 0 Å². The molecule has 0 atom stereocenters. The number of anilines is 1. The van der Waals surface area contributed by atoms with E-state index in [1.807, 2.05) is 24.2 Å². The van der Waals surface area contributed by atoms with Gasteiger partial charge >= 0.3 is 0 Å². The van der Waals surface area contributed by atoms with E-state index in [2.05, 4.69) is 6.58 Å². The molecule has 0 unspecified atom stereocenters. The van der Waals surface area contributed by atoms with Crippen molar-refractivity contribution in [2.24, 2.45) is 0 Å². The Morgan fingerprint density at radius 2 is 1.82 bits per heavy atom. The first kappa shape index (κ1) is 16.6. The summed E-state index contributed by atoms with van der Waals surface area (Å²) in [4.78, 5) is 0. The zero-order valence-corrected chi connectivity index (χ0v) is 13.6. The second-order valence-electron chi connectivity index (χ2n) is 5.00. The molecule has 0 fully saturated rings. The molecule has 0 N–H and O–H groups in total. The van der Waals surface area contributed by atoms with E-state index in [-0.39, 0.29) is 11.6 Å². The third-order valence-electron chi connectivity index (χ3n) is 3.45. The van der Waals surface area contributed by atoms with Crippen molar-refractivity contribution in [1.82, 2.24) is 0 Å². The van der Waals surface area contributed by atoms with Gasteiger partial charge in [0.25, 0.3) is 0 Å². The van der Waals surface area contributed by atoms with Crippen molar-refractivity contribution in [3.05, 3.63) is 77.5 Å². The second-order valence-corrected chi connectivity index (χ2v) is 5.91.